The summed E-state index contributed by atoms with van der Waals surface area (Å²) in [5, 5.41) is 3.32. The smallest absolute Gasteiger partial charge is 0.0371 e. The molecule has 0 aliphatic heterocycles. The summed E-state index contributed by atoms with van der Waals surface area (Å²) in [5.74, 6) is 0. The maximum absolute atomic E-state index is 3.95. The zero-order valence-corrected chi connectivity index (χ0v) is 8.25. The minimum Gasteiger partial charge on any atom is -0.385 e. The molecule has 0 spiro atoms. The molecule has 0 amide bonds. The van der Waals surface area contributed by atoms with E-state index in [0.717, 1.165) is 18.7 Å². The predicted molar refractivity (Wildman–Crippen MR) is 56.8 cm³/mol. The number of anilines is 1. The summed E-state index contributed by atoms with van der Waals surface area (Å²) in [7, 11) is 0. The van der Waals surface area contributed by atoms with Crippen LogP contribution in [0.1, 0.15) is 20.3 Å². The van der Waals surface area contributed by atoms with Gasteiger partial charge in [-0.2, -0.15) is 0 Å². The van der Waals surface area contributed by atoms with E-state index >= 15 is 0 Å². The highest BCUT2D eigenvalue weighted by atomic mass is 14.9. The van der Waals surface area contributed by atoms with Crippen LogP contribution in [0.15, 0.2) is 36.2 Å². The molecule has 0 aromatic carbocycles. The van der Waals surface area contributed by atoms with Crippen molar-refractivity contribution in [3.8, 4) is 0 Å². The minimum atomic E-state index is 0.981. The summed E-state index contributed by atoms with van der Waals surface area (Å²) in [6, 6.07) is 3.95. The van der Waals surface area contributed by atoms with Crippen LogP contribution in [0.5, 0.6) is 0 Å². The van der Waals surface area contributed by atoms with Crippen LogP contribution in [0.3, 0.4) is 0 Å². The van der Waals surface area contributed by atoms with Gasteiger partial charge in [-0.15, -0.1) is 0 Å². The van der Waals surface area contributed by atoms with Gasteiger partial charge in [0.1, 0.15) is 0 Å². The molecule has 1 rings (SSSR count). The molecule has 2 heteroatoms. The summed E-state index contributed by atoms with van der Waals surface area (Å²) >= 11 is 0. The van der Waals surface area contributed by atoms with E-state index in [9.17, 15) is 0 Å². The van der Waals surface area contributed by atoms with E-state index in [1.54, 1.807) is 12.4 Å². The SMILES string of the molecule is CC(C)=CCCNc1ccncc1. The van der Waals surface area contributed by atoms with E-state index in [-0.39, 0.29) is 0 Å². The Morgan fingerprint density at radius 2 is 2.08 bits per heavy atom. The lowest BCUT2D eigenvalue weighted by Crippen LogP contribution is -1.99. The highest BCUT2D eigenvalue weighted by Crippen LogP contribution is 2.03. The van der Waals surface area contributed by atoms with E-state index < -0.39 is 0 Å². The quantitative estimate of drug-likeness (QED) is 0.563. The first-order chi connectivity index (χ1) is 6.29. The van der Waals surface area contributed by atoms with Crippen LogP contribution in [0.4, 0.5) is 5.69 Å². The van der Waals surface area contributed by atoms with Crippen molar-refractivity contribution in [2.24, 2.45) is 0 Å². The van der Waals surface area contributed by atoms with Crippen LogP contribution < -0.4 is 5.32 Å². The Kier molecular flexibility index (Phi) is 4.03. The number of nitrogens with one attached hydrogen (secondary N) is 1. The maximum atomic E-state index is 3.95. The fraction of sp³-hybridized carbons (Fsp3) is 0.364. The van der Waals surface area contributed by atoms with Crippen LogP contribution >= 0.6 is 0 Å². The highest BCUT2D eigenvalue weighted by Gasteiger charge is 1.87. The highest BCUT2D eigenvalue weighted by molar-refractivity contribution is 5.40. The summed E-state index contributed by atoms with van der Waals surface area (Å²) in [6.07, 6.45) is 6.89. The standard InChI is InChI=1S/C11H16N2/c1-10(2)4-3-7-13-11-5-8-12-9-6-11/h4-6,8-9H,3,7H2,1-2H3,(H,12,13). The molecular formula is C11H16N2. The molecule has 13 heavy (non-hydrogen) atoms. The maximum Gasteiger partial charge on any atom is 0.0371 e. The van der Waals surface area contributed by atoms with E-state index in [0.29, 0.717) is 0 Å². The third-order valence-electron chi connectivity index (χ3n) is 1.71. The topological polar surface area (TPSA) is 24.9 Å². The molecular weight excluding hydrogens is 160 g/mol. The van der Waals surface area contributed by atoms with Crippen LogP contribution in [-0.4, -0.2) is 11.5 Å². The Bertz CT molecular complexity index is 261. The summed E-state index contributed by atoms with van der Waals surface area (Å²) < 4.78 is 0. The molecule has 0 bridgehead atoms. The Balaban J connectivity index is 2.25. The monoisotopic (exact) mass is 176 g/mol. The Hall–Kier alpha value is -1.31. The first-order valence-corrected chi connectivity index (χ1v) is 4.56. The Labute approximate surface area is 79.7 Å². The molecule has 0 saturated heterocycles. The summed E-state index contributed by atoms with van der Waals surface area (Å²) in [4.78, 5) is 3.95. The van der Waals surface area contributed by atoms with E-state index in [2.05, 4.69) is 30.2 Å². The second-order valence-corrected chi connectivity index (χ2v) is 3.23. The van der Waals surface area contributed by atoms with Crippen molar-refractivity contribution in [2.75, 3.05) is 11.9 Å². The first-order valence-electron chi connectivity index (χ1n) is 4.56. The number of hydrogen-bond donors (Lipinski definition) is 1. The van der Waals surface area contributed by atoms with Crippen molar-refractivity contribution in [3.63, 3.8) is 0 Å². The van der Waals surface area contributed by atoms with Gasteiger partial charge in [-0.05, 0) is 32.4 Å². The van der Waals surface area contributed by atoms with Gasteiger partial charge in [0.25, 0.3) is 0 Å². The van der Waals surface area contributed by atoms with Gasteiger partial charge in [0, 0.05) is 24.6 Å². The van der Waals surface area contributed by atoms with Gasteiger partial charge in [0.2, 0.25) is 0 Å². The van der Waals surface area contributed by atoms with Crippen molar-refractivity contribution in [3.05, 3.63) is 36.2 Å². The van der Waals surface area contributed by atoms with Crippen molar-refractivity contribution < 1.29 is 0 Å². The predicted octanol–water partition coefficient (Wildman–Crippen LogP) is 2.85. The number of hydrogen-bond acceptors (Lipinski definition) is 2. The lowest BCUT2D eigenvalue weighted by molar-refractivity contribution is 1.05. The number of nitrogens with zero attached hydrogens (tertiary/aromatic N) is 1. The molecule has 0 fully saturated rings. The minimum absolute atomic E-state index is 0.981. The fourth-order valence-corrected chi connectivity index (χ4v) is 1.05. The zero-order valence-electron chi connectivity index (χ0n) is 8.25. The average molecular weight is 176 g/mol. The average Bonchev–Trinajstić information content (AvgIpc) is 2.14. The lowest BCUT2D eigenvalue weighted by Gasteiger charge is -2.02. The molecule has 0 saturated carbocycles. The zero-order chi connectivity index (χ0) is 9.52. The molecule has 1 aromatic heterocycles. The molecule has 2 nitrogen and oxygen atoms in total. The van der Waals surface area contributed by atoms with E-state index in [1.165, 1.54) is 5.57 Å². The van der Waals surface area contributed by atoms with Crippen LogP contribution in [-0.2, 0) is 0 Å². The number of rotatable bonds is 4. The van der Waals surface area contributed by atoms with Crippen molar-refractivity contribution in [2.45, 2.75) is 20.3 Å². The summed E-state index contributed by atoms with van der Waals surface area (Å²) in [5.41, 5.74) is 2.51. The third kappa shape index (κ3) is 4.31. The Morgan fingerprint density at radius 3 is 2.69 bits per heavy atom. The van der Waals surface area contributed by atoms with Crippen LogP contribution in [0.2, 0.25) is 0 Å². The van der Waals surface area contributed by atoms with E-state index in [1.807, 2.05) is 12.1 Å². The molecule has 1 aromatic rings. The molecule has 70 valence electrons. The second-order valence-electron chi connectivity index (χ2n) is 3.23. The van der Waals surface area contributed by atoms with Gasteiger partial charge in [0.05, 0.1) is 0 Å². The van der Waals surface area contributed by atoms with Gasteiger partial charge < -0.3 is 5.32 Å². The first kappa shape index (κ1) is 9.78. The Morgan fingerprint density at radius 1 is 1.38 bits per heavy atom. The van der Waals surface area contributed by atoms with E-state index in [4.69, 9.17) is 0 Å². The summed E-state index contributed by atoms with van der Waals surface area (Å²) in [6.45, 7) is 5.22. The third-order valence-corrected chi connectivity index (χ3v) is 1.71. The van der Waals surface area contributed by atoms with Crippen molar-refractivity contribution >= 4 is 5.69 Å². The fourth-order valence-electron chi connectivity index (χ4n) is 1.05. The molecule has 1 heterocycles. The lowest BCUT2D eigenvalue weighted by atomic mass is 10.2. The van der Waals surface area contributed by atoms with Crippen molar-refractivity contribution in [1.29, 1.82) is 0 Å². The van der Waals surface area contributed by atoms with Crippen LogP contribution in [0, 0.1) is 0 Å². The molecule has 0 radical (unpaired) electrons. The van der Waals surface area contributed by atoms with Gasteiger partial charge in [0.15, 0.2) is 0 Å². The molecule has 0 aliphatic carbocycles. The van der Waals surface area contributed by atoms with Gasteiger partial charge >= 0.3 is 0 Å². The molecule has 0 unspecified atom stereocenters. The van der Waals surface area contributed by atoms with Crippen molar-refractivity contribution in [1.82, 2.24) is 4.98 Å². The van der Waals surface area contributed by atoms with Gasteiger partial charge in [-0.25, -0.2) is 0 Å². The van der Waals surface area contributed by atoms with Crippen LogP contribution in [0.25, 0.3) is 0 Å². The van der Waals surface area contributed by atoms with Gasteiger partial charge in [-0.3, -0.25) is 4.98 Å². The number of allylic oxidation sites excluding steroid dienone is 1. The number of aromatic nitrogens is 1. The second kappa shape index (κ2) is 5.36. The number of pyridine rings is 1. The normalized spacial score (nSPS) is 9.38. The largest absolute Gasteiger partial charge is 0.385 e. The molecule has 0 atom stereocenters. The molecule has 1 N–H and O–H groups in total. The molecule has 0 aliphatic rings. The van der Waals surface area contributed by atoms with Gasteiger partial charge in [-0.1, -0.05) is 11.6 Å².